The molecule has 4 aromatic rings. The van der Waals surface area contributed by atoms with E-state index >= 15 is 0 Å². The zero-order valence-corrected chi connectivity index (χ0v) is 17.3. The number of carbonyl (C=O) groups is 2. The van der Waals surface area contributed by atoms with Crippen LogP contribution in [0.3, 0.4) is 0 Å². The second-order valence-electron chi connectivity index (χ2n) is 7.89. The Labute approximate surface area is 180 Å². The number of fused-ring (bicyclic) bond motifs is 2. The number of benzene rings is 3. The van der Waals surface area contributed by atoms with Crippen molar-refractivity contribution >= 4 is 34.1 Å². The van der Waals surface area contributed by atoms with Gasteiger partial charge in [-0.05, 0) is 41.8 Å². The molecule has 2 heterocycles. The van der Waals surface area contributed by atoms with Gasteiger partial charge in [-0.25, -0.2) is 0 Å². The highest BCUT2D eigenvalue weighted by Crippen LogP contribution is 2.31. The fraction of sp³-hybridized carbons (Fsp3) is 0.154. The van der Waals surface area contributed by atoms with Crippen LogP contribution in [0.15, 0.2) is 79.0 Å². The van der Waals surface area contributed by atoms with E-state index < -0.39 is 0 Å². The molecular formula is C26H23N3O2. The molecule has 3 aromatic carbocycles. The summed E-state index contributed by atoms with van der Waals surface area (Å²) in [5.41, 5.74) is 5.63. The standard InChI is InChI=1S/C26H23N3O2/c1-18(30)29-14-13-20-15-21(11-12-24(20)29)27-26(31)23-17-28(16-19-7-3-2-4-8-19)25-10-6-5-9-22(23)25/h2-12,15,17H,13-14,16H2,1H3,(H,27,31). The van der Waals surface area contributed by atoms with Gasteiger partial charge in [0, 0.05) is 48.5 Å². The molecule has 0 fully saturated rings. The summed E-state index contributed by atoms with van der Waals surface area (Å²) >= 11 is 0. The number of carbonyl (C=O) groups excluding carboxylic acids is 2. The third-order valence-electron chi connectivity index (χ3n) is 5.84. The molecule has 0 aliphatic carbocycles. The zero-order valence-electron chi connectivity index (χ0n) is 17.3. The average Bonchev–Trinajstić information content (AvgIpc) is 3.36. The van der Waals surface area contributed by atoms with Crippen LogP contribution in [0.4, 0.5) is 11.4 Å². The van der Waals surface area contributed by atoms with Crippen LogP contribution >= 0.6 is 0 Å². The van der Waals surface area contributed by atoms with Gasteiger partial charge in [0.15, 0.2) is 0 Å². The Morgan fingerprint density at radius 2 is 1.74 bits per heavy atom. The van der Waals surface area contributed by atoms with Crippen molar-refractivity contribution in [2.75, 3.05) is 16.8 Å². The maximum absolute atomic E-state index is 13.2. The molecule has 1 aromatic heterocycles. The van der Waals surface area contributed by atoms with Crippen LogP contribution in [0, 0.1) is 0 Å². The lowest BCUT2D eigenvalue weighted by Crippen LogP contribution is -2.25. The molecule has 5 heteroatoms. The predicted molar refractivity (Wildman–Crippen MR) is 124 cm³/mol. The molecule has 5 rings (SSSR count). The van der Waals surface area contributed by atoms with Crippen molar-refractivity contribution in [2.45, 2.75) is 19.9 Å². The lowest BCUT2D eigenvalue weighted by atomic mass is 10.1. The van der Waals surface area contributed by atoms with E-state index in [1.54, 1.807) is 11.8 Å². The Kier molecular flexibility index (Phi) is 4.79. The van der Waals surface area contributed by atoms with Crippen molar-refractivity contribution in [3.05, 3.63) is 95.7 Å². The van der Waals surface area contributed by atoms with Gasteiger partial charge in [-0.15, -0.1) is 0 Å². The summed E-state index contributed by atoms with van der Waals surface area (Å²) in [6.45, 7) is 2.97. The molecule has 31 heavy (non-hydrogen) atoms. The van der Waals surface area contributed by atoms with Crippen LogP contribution in [-0.2, 0) is 17.8 Å². The van der Waals surface area contributed by atoms with Crippen LogP contribution in [0.1, 0.15) is 28.4 Å². The van der Waals surface area contributed by atoms with E-state index in [9.17, 15) is 9.59 Å². The summed E-state index contributed by atoms with van der Waals surface area (Å²) in [7, 11) is 0. The molecular weight excluding hydrogens is 386 g/mol. The monoisotopic (exact) mass is 409 g/mol. The van der Waals surface area contributed by atoms with Gasteiger partial charge in [0.25, 0.3) is 5.91 Å². The number of rotatable bonds is 4. The van der Waals surface area contributed by atoms with Crippen LogP contribution in [0.25, 0.3) is 10.9 Å². The van der Waals surface area contributed by atoms with E-state index in [0.717, 1.165) is 34.3 Å². The third-order valence-corrected chi connectivity index (χ3v) is 5.84. The highest BCUT2D eigenvalue weighted by Gasteiger charge is 2.23. The van der Waals surface area contributed by atoms with Crippen LogP contribution in [0.5, 0.6) is 0 Å². The normalized spacial score (nSPS) is 12.7. The number of hydrogen-bond acceptors (Lipinski definition) is 2. The van der Waals surface area contributed by atoms with Crippen LogP contribution in [-0.4, -0.2) is 22.9 Å². The van der Waals surface area contributed by atoms with E-state index in [4.69, 9.17) is 0 Å². The van der Waals surface area contributed by atoms with E-state index in [2.05, 4.69) is 22.0 Å². The minimum atomic E-state index is -0.135. The number of hydrogen-bond donors (Lipinski definition) is 1. The first kappa shape index (κ1) is 19.1. The Balaban J connectivity index is 1.44. The van der Waals surface area contributed by atoms with Gasteiger partial charge in [-0.3, -0.25) is 9.59 Å². The molecule has 0 atom stereocenters. The molecule has 0 radical (unpaired) electrons. The van der Waals surface area contributed by atoms with E-state index in [-0.39, 0.29) is 11.8 Å². The Morgan fingerprint density at radius 1 is 0.968 bits per heavy atom. The maximum Gasteiger partial charge on any atom is 0.257 e. The summed E-state index contributed by atoms with van der Waals surface area (Å²) in [5, 5.41) is 3.98. The largest absolute Gasteiger partial charge is 0.342 e. The van der Waals surface area contributed by atoms with Crippen molar-refractivity contribution in [3.8, 4) is 0 Å². The summed E-state index contributed by atoms with van der Waals surface area (Å²) in [6.07, 6.45) is 2.73. The van der Waals surface area contributed by atoms with E-state index in [1.807, 2.05) is 66.9 Å². The van der Waals surface area contributed by atoms with E-state index in [1.165, 1.54) is 5.56 Å². The van der Waals surface area contributed by atoms with Crippen molar-refractivity contribution in [3.63, 3.8) is 0 Å². The van der Waals surface area contributed by atoms with Crippen molar-refractivity contribution in [1.82, 2.24) is 4.57 Å². The number of anilines is 2. The SMILES string of the molecule is CC(=O)N1CCc2cc(NC(=O)c3cn(Cc4ccccc4)c4ccccc34)ccc21. The topological polar surface area (TPSA) is 54.3 Å². The molecule has 0 saturated heterocycles. The number of amides is 2. The van der Waals surface area contributed by atoms with Crippen molar-refractivity contribution < 1.29 is 9.59 Å². The Bertz CT molecular complexity index is 1290. The molecule has 2 amide bonds. The highest BCUT2D eigenvalue weighted by molar-refractivity contribution is 6.13. The van der Waals surface area contributed by atoms with Gasteiger partial charge in [0.05, 0.1) is 5.56 Å². The van der Waals surface area contributed by atoms with Gasteiger partial charge in [0.2, 0.25) is 5.91 Å². The fourth-order valence-corrected chi connectivity index (χ4v) is 4.34. The molecule has 0 bridgehead atoms. The molecule has 1 N–H and O–H groups in total. The molecule has 1 aliphatic rings. The maximum atomic E-state index is 13.2. The van der Waals surface area contributed by atoms with Crippen molar-refractivity contribution in [1.29, 1.82) is 0 Å². The summed E-state index contributed by atoms with van der Waals surface area (Å²) in [6, 6.07) is 23.9. The lowest BCUT2D eigenvalue weighted by Gasteiger charge is -2.15. The first-order chi connectivity index (χ1) is 15.1. The first-order valence-corrected chi connectivity index (χ1v) is 10.4. The number of aromatic nitrogens is 1. The minimum absolute atomic E-state index is 0.0433. The minimum Gasteiger partial charge on any atom is -0.342 e. The van der Waals surface area contributed by atoms with Gasteiger partial charge in [-0.2, -0.15) is 0 Å². The number of para-hydroxylation sites is 1. The molecule has 5 nitrogen and oxygen atoms in total. The smallest absolute Gasteiger partial charge is 0.257 e. The zero-order chi connectivity index (χ0) is 21.4. The molecule has 0 spiro atoms. The quantitative estimate of drug-likeness (QED) is 0.524. The second-order valence-corrected chi connectivity index (χ2v) is 7.89. The first-order valence-electron chi connectivity index (χ1n) is 10.4. The van der Waals surface area contributed by atoms with Gasteiger partial charge in [-0.1, -0.05) is 48.5 Å². The average molecular weight is 409 g/mol. The van der Waals surface area contributed by atoms with Gasteiger partial charge < -0.3 is 14.8 Å². The Morgan fingerprint density at radius 3 is 2.55 bits per heavy atom. The number of nitrogens with zero attached hydrogens (tertiary/aromatic N) is 2. The van der Waals surface area contributed by atoms with Crippen LogP contribution in [0.2, 0.25) is 0 Å². The third kappa shape index (κ3) is 3.59. The highest BCUT2D eigenvalue weighted by atomic mass is 16.2. The summed E-state index contributed by atoms with van der Waals surface area (Å²) in [5.74, 6) is -0.0915. The summed E-state index contributed by atoms with van der Waals surface area (Å²) in [4.78, 5) is 26.7. The van der Waals surface area contributed by atoms with Crippen molar-refractivity contribution in [2.24, 2.45) is 0 Å². The predicted octanol–water partition coefficient (Wildman–Crippen LogP) is 4.85. The summed E-state index contributed by atoms with van der Waals surface area (Å²) < 4.78 is 2.12. The van der Waals surface area contributed by atoms with Gasteiger partial charge in [0.1, 0.15) is 0 Å². The fourth-order valence-electron chi connectivity index (χ4n) is 4.34. The lowest BCUT2D eigenvalue weighted by molar-refractivity contribution is -0.116. The van der Waals surface area contributed by atoms with Crippen LogP contribution < -0.4 is 10.2 Å². The molecule has 154 valence electrons. The van der Waals surface area contributed by atoms with E-state index in [0.29, 0.717) is 18.7 Å². The molecule has 1 aliphatic heterocycles. The van der Waals surface area contributed by atoms with Gasteiger partial charge >= 0.3 is 0 Å². The number of nitrogens with one attached hydrogen (secondary N) is 1. The Hall–Kier alpha value is -3.86. The molecule has 0 saturated carbocycles. The molecule has 0 unspecified atom stereocenters. The second kappa shape index (κ2) is 7.76.